The van der Waals surface area contributed by atoms with Crippen LogP contribution in [0.4, 0.5) is 5.69 Å². The van der Waals surface area contributed by atoms with Crippen LogP contribution in [-0.2, 0) is 11.4 Å². The number of piperidine rings is 1. The Morgan fingerprint density at radius 2 is 2.11 bits per heavy atom. The van der Waals surface area contributed by atoms with E-state index in [0.29, 0.717) is 17.4 Å². The average Bonchev–Trinajstić information content (AvgIpc) is 2.39. The highest BCUT2D eigenvalue weighted by Gasteiger charge is 2.23. The molecule has 0 saturated carbocycles. The van der Waals surface area contributed by atoms with Crippen LogP contribution in [0.3, 0.4) is 0 Å². The second kappa shape index (κ2) is 6.26. The molecule has 4 nitrogen and oxygen atoms in total. The lowest BCUT2D eigenvalue weighted by Crippen LogP contribution is -2.35. The van der Waals surface area contributed by atoms with Crippen molar-refractivity contribution in [3.63, 3.8) is 0 Å². The predicted molar refractivity (Wildman–Crippen MR) is 76.1 cm³/mol. The quantitative estimate of drug-likeness (QED) is 0.887. The number of para-hydroxylation sites is 1. The van der Waals surface area contributed by atoms with Crippen molar-refractivity contribution < 1.29 is 9.90 Å². The largest absolute Gasteiger partial charge is 0.392 e. The molecule has 0 spiro atoms. The Hall–Kier alpha value is -1.26. The maximum absolute atomic E-state index is 10.9. The average molecular weight is 283 g/mol. The van der Waals surface area contributed by atoms with Gasteiger partial charge < -0.3 is 15.7 Å². The Bertz CT molecular complexity index is 457. The number of primary amides is 1. The number of nitrogens with two attached hydrogens (primary N) is 1. The molecular weight excluding hydrogens is 264 g/mol. The first-order valence-electron chi connectivity index (χ1n) is 6.53. The first-order chi connectivity index (χ1) is 9.11. The number of aliphatic hydroxyl groups is 1. The van der Waals surface area contributed by atoms with E-state index >= 15 is 0 Å². The van der Waals surface area contributed by atoms with E-state index in [1.54, 1.807) is 0 Å². The van der Waals surface area contributed by atoms with Gasteiger partial charge in [-0.25, -0.2) is 0 Å². The molecule has 1 aliphatic heterocycles. The summed E-state index contributed by atoms with van der Waals surface area (Å²) in [6, 6.07) is 5.57. The van der Waals surface area contributed by atoms with E-state index in [0.717, 1.165) is 37.2 Å². The monoisotopic (exact) mass is 282 g/mol. The zero-order valence-corrected chi connectivity index (χ0v) is 11.6. The van der Waals surface area contributed by atoms with Crippen LogP contribution in [0.15, 0.2) is 18.2 Å². The number of benzene rings is 1. The molecule has 1 saturated heterocycles. The molecular formula is C14H19ClN2O2. The van der Waals surface area contributed by atoms with Gasteiger partial charge in [-0.1, -0.05) is 23.7 Å². The van der Waals surface area contributed by atoms with E-state index in [9.17, 15) is 9.90 Å². The van der Waals surface area contributed by atoms with E-state index in [4.69, 9.17) is 17.3 Å². The van der Waals surface area contributed by atoms with Gasteiger partial charge in [0.25, 0.3) is 0 Å². The first-order valence-corrected chi connectivity index (χ1v) is 6.91. The van der Waals surface area contributed by atoms with Crippen molar-refractivity contribution in [2.75, 3.05) is 18.0 Å². The molecule has 5 heteroatoms. The zero-order chi connectivity index (χ0) is 13.8. The van der Waals surface area contributed by atoms with E-state index in [2.05, 4.69) is 4.90 Å². The van der Waals surface area contributed by atoms with Crippen LogP contribution < -0.4 is 10.6 Å². The van der Waals surface area contributed by atoms with Crippen LogP contribution >= 0.6 is 11.6 Å². The number of halogens is 1. The summed E-state index contributed by atoms with van der Waals surface area (Å²) in [5, 5.41) is 10.1. The highest BCUT2D eigenvalue weighted by atomic mass is 35.5. The summed E-state index contributed by atoms with van der Waals surface area (Å²) in [7, 11) is 0. The SMILES string of the molecule is NC(=O)CC1CCN(c2c(Cl)cccc2CO)CC1. The van der Waals surface area contributed by atoms with Gasteiger partial charge in [-0.15, -0.1) is 0 Å². The summed E-state index contributed by atoms with van der Waals surface area (Å²) in [5.41, 5.74) is 7.00. The molecule has 1 heterocycles. The molecule has 1 fully saturated rings. The number of nitrogens with zero attached hydrogens (tertiary/aromatic N) is 1. The molecule has 19 heavy (non-hydrogen) atoms. The minimum atomic E-state index is -0.229. The number of amides is 1. The Kier molecular flexibility index (Phi) is 4.66. The van der Waals surface area contributed by atoms with Gasteiger partial charge in [0.2, 0.25) is 5.91 Å². The van der Waals surface area contributed by atoms with E-state index in [1.165, 1.54) is 0 Å². The van der Waals surface area contributed by atoms with Crippen molar-refractivity contribution >= 4 is 23.2 Å². The fraction of sp³-hybridized carbons (Fsp3) is 0.500. The van der Waals surface area contributed by atoms with Crippen molar-refractivity contribution in [3.05, 3.63) is 28.8 Å². The minimum absolute atomic E-state index is 0.0168. The number of hydrogen-bond acceptors (Lipinski definition) is 3. The summed E-state index contributed by atoms with van der Waals surface area (Å²) < 4.78 is 0. The van der Waals surface area contributed by atoms with Gasteiger partial charge in [0.1, 0.15) is 0 Å². The fourth-order valence-electron chi connectivity index (χ4n) is 2.69. The molecule has 1 aliphatic rings. The van der Waals surface area contributed by atoms with Gasteiger partial charge in [-0.3, -0.25) is 4.79 Å². The number of hydrogen-bond donors (Lipinski definition) is 2. The number of rotatable bonds is 4. The fourth-order valence-corrected chi connectivity index (χ4v) is 3.00. The second-order valence-corrected chi connectivity index (χ2v) is 5.41. The molecule has 0 aromatic heterocycles. The van der Waals surface area contributed by atoms with Gasteiger partial charge in [-0.2, -0.15) is 0 Å². The lowest BCUT2D eigenvalue weighted by Gasteiger charge is -2.34. The van der Waals surface area contributed by atoms with E-state index in [1.807, 2.05) is 18.2 Å². The molecule has 1 aromatic rings. The Morgan fingerprint density at radius 1 is 1.42 bits per heavy atom. The maximum Gasteiger partial charge on any atom is 0.217 e. The smallest absolute Gasteiger partial charge is 0.217 e. The van der Waals surface area contributed by atoms with E-state index in [-0.39, 0.29) is 12.5 Å². The van der Waals surface area contributed by atoms with Crippen molar-refractivity contribution in [2.45, 2.75) is 25.9 Å². The molecule has 0 atom stereocenters. The molecule has 0 bridgehead atoms. The molecule has 2 rings (SSSR count). The predicted octanol–water partition coefficient (Wildman–Crippen LogP) is 1.92. The summed E-state index contributed by atoms with van der Waals surface area (Å²) in [6.07, 6.45) is 2.32. The summed E-state index contributed by atoms with van der Waals surface area (Å²) in [6.45, 7) is 1.67. The molecule has 104 valence electrons. The Morgan fingerprint density at radius 3 is 2.68 bits per heavy atom. The topological polar surface area (TPSA) is 66.6 Å². The highest BCUT2D eigenvalue weighted by molar-refractivity contribution is 6.33. The zero-order valence-electron chi connectivity index (χ0n) is 10.8. The van der Waals surface area contributed by atoms with Crippen LogP contribution in [0.5, 0.6) is 0 Å². The summed E-state index contributed by atoms with van der Waals surface area (Å²) >= 11 is 6.24. The van der Waals surface area contributed by atoms with Crippen LogP contribution in [0.2, 0.25) is 5.02 Å². The second-order valence-electron chi connectivity index (χ2n) is 5.01. The van der Waals surface area contributed by atoms with Gasteiger partial charge in [0.05, 0.1) is 17.3 Å². The molecule has 0 unspecified atom stereocenters. The lowest BCUT2D eigenvalue weighted by molar-refractivity contribution is -0.119. The van der Waals surface area contributed by atoms with Crippen molar-refractivity contribution in [1.29, 1.82) is 0 Å². The molecule has 1 amide bonds. The van der Waals surface area contributed by atoms with Crippen LogP contribution in [0.25, 0.3) is 0 Å². The first kappa shape index (κ1) is 14.2. The third-order valence-corrected chi connectivity index (χ3v) is 3.97. The van der Waals surface area contributed by atoms with Crippen LogP contribution in [-0.4, -0.2) is 24.1 Å². The van der Waals surface area contributed by atoms with Crippen molar-refractivity contribution in [1.82, 2.24) is 0 Å². The normalized spacial score (nSPS) is 16.6. The maximum atomic E-state index is 10.9. The van der Waals surface area contributed by atoms with Gasteiger partial charge in [0.15, 0.2) is 0 Å². The lowest BCUT2D eigenvalue weighted by atomic mass is 9.92. The number of anilines is 1. The Labute approximate surface area is 118 Å². The minimum Gasteiger partial charge on any atom is -0.392 e. The number of aliphatic hydroxyl groups excluding tert-OH is 1. The third-order valence-electron chi connectivity index (χ3n) is 3.66. The molecule has 3 N–H and O–H groups in total. The summed E-state index contributed by atoms with van der Waals surface area (Å²) in [5.74, 6) is 0.140. The van der Waals surface area contributed by atoms with Crippen molar-refractivity contribution in [3.8, 4) is 0 Å². The van der Waals surface area contributed by atoms with Gasteiger partial charge >= 0.3 is 0 Å². The van der Waals surface area contributed by atoms with Gasteiger partial charge in [0, 0.05) is 25.1 Å². The highest BCUT2D eigenvalue weighted by Crippen LogP contribution is 2.33. The number of carbonyl (C=O) groups excluding carboxylic acids is 1. The van der Waals surface area contributed by atoms with Gasteiger partial charge in [-0.05, 0) is 24.8 Å². The Balaban J connectivity index is 2.07. The standard InChI is InChI=1S/C14H19ClN2O2/c15-12-3-1-2-11(9-18)14(12)17-6-4-10(5-7-17)8-13(16)19/h1-3,10,18H,4-9H2,(H2,16,19). The number of carbonyl (C=O) groups is 1. The van der Waals surface area contributed by atoms with Crippen LogP contribution in [0, 0.1) is 5.92 Å². The van der Waals surface area contributed by atoms with E-state index < -0.39 is 0 Å². The molecule has 0 radical (unpaired) electrons. The molecule has 0 aliphatic carbocycles. The third kappa shape index (κ3) is 3.39. The summed E-state index contributed by atoms with van der Waals surface area (Å²) in [4.78, 5) is 13.1. The van der Waals surface area contributed by atoms with Crippen LogP contribution in [0.1, 0.15) is 24.8 Å². The molecule has 1 aromatic carbocycles. The van der Waals surface area contributed by atoms with Crippen molar-refractivity contribution in [2.24, 2.45) is 11.7 Å².